The van der Waals surface area contributed by atoms with Crippen LogP contribution in [0.2, 0.25) is 5.02 Å². The van der Waals surface area contributed by atoms with Crippen LogP contribution in [0, 0.1) is 17.1 Å². The molecular formula is C26H16BrClFNO. The number of allylic oxidation sites excluding steroid dienone is 1. The van der Waals surface area contributed by atoms with Gasteiger partial charge in [-0.05, 0) is 62.1 Å². The minimum Gasteiger partial charge on any atom is -0.486 e. The molecule has 0 heterocycles. The molecule has 5 heteroatoms. The lowest BCUT2D eigenvalue weighted by atomic mass is 10.0. The first-order chi connectivity index (χ1) is 15.1. The van der Waals surface area contributed by atoms with Crippen LogP contribution in [0.1, 0.15) is 16.7 Å². The Hall–Kier alpha value is -3.13. The van der Waals surface area contributed by atoms with Gasteiger partial charge in [-0.25, -0.2) is 4.39 Å². The van der Waals surface area contributed by atoms with Crippen molar-refractivity contribution in [2.24, 2.45) is 0 Å². The first-order valence-corrected chi connectivity index (χ1v) is 10.7. The molecule has 0 saturated carbocycles. The fraction of sp³-hybridized carbons (Fsp3) is 0.0385. The van der Waals surface area contributed by atoms with Gasteiger partial charge in [-0.15, -0.1) is 0 Å². The molecule has 0 amide bonds. The molecule has 0 radical (unpaired) electrons. The summed E-state index contributed by atoms with van der Waals surface area (Å²) in [5, 5.41) is 12.2. The zero-order chi connectivity index (χ0) is 21.8. The van der Waals surface area contributed by atoms with Crippen molar-refractivity contribution in [1.82, 2.24) is 0 Å². The number of hydrogen-bond acceptors (Lipinski definition) is 2. The number of benzene rings is 4. The Morgan fingerprint density at radius 2 is 1.77 bits per heavy atom. The van der Waals surface area contributed by atoms with Crippen LogP contribution in [0.25, 0.3) is 22.4 Å². The van der Waals surface area contributed by atoms with E-state index in [0.717, 1.165) is 16.3 Å². The number of hydrogen-bond donors (Lipinski definition) is 0. The monoisotopic (exact) mass is 491 g/mol. The van der Waals surface area contributed by atoms with Crippen LogP contribution in [0.15, 0.2) is 83.3 Å². The molecule has 0 spiro atoms. The van der Waals surface area contributed by atoms with Gasteiger partial charge in [0.2, 0.25) is 0 Å². The molecular weight excluding hydrogens is 477 g/mol. The van der Waals surface area contributed by atoms with Crippen molar-refractivity contribution in [1.29, 1.82) is 5.26 Å². The topological polar surface area (TPSA) is 33.0 Å². The molecule has 0 aliphatic rings. The van der Waals surface area contributed by atoms with Crippen LogP contribution in [-0.2, 0) is 6.61 Å². The molecule has 0 bridgehead atoms. The molecule has 4 aromatic carbocycles. The molecule has 0 N–H and O–H groups in total. The Morgan fingerprint density at radius 1 is 1.03 bits per heavy atom. The molecule has 0 atom stereocenters. The SMILES string of the molecule is N#C/C(=C/c1cc(Cl)c(OCc2cccc3ccccc23)c(Br)c1)c1ccccc1F. The van der Waals surface area contributed by atoms with Crippen LogP contribution in [-0.4, -0.2) is 0 Å². The van der Waals surface area contributed by atoms with Crippen LogP contribution in [0.3, 0.4) is 0 Å². The van der Waals surface area contributed by atoms with Crippen molar-refractivity contribution in [3.8, 4) is 11.8 Å². The van der Waals surface area contributed by atoms with E-state index in [1.807, 2.05) is 24.3 Å². The maximum atomic E-state index is 14.1. The lowest BCUT2D eigenvalue weighted by molar-refractivity contribution is 0.306. The molecule has 0 aliphatic heterocycles. The summed E-state index contributed by atoms with van der Waals surface area (Å²) in [6.07, 6.45) is 1.60. The molecule has 0 aliphatic carbocycles. The van der Waals surface area contributed by atoms with E-state index in [2.05, 4.69) is 40.2 Å². The van der Waals surface area contributed by atoms with Gasteiger partial charge in [0, 0.05) is 5.56 Å². The Labute approximate surface area is 193 Å². The van der Waals surface area contributed by atoms with Gasteiger partial charge in [-0.1, -0.05) is 72.3 Å². The van der Waals surface area contributed by atoms with E-state index in [1.165, 1.54) is 6.07 Å². The Kier molecular flexibility index (Phi) is 6.36. The highest BCUT2D eigenvalue weighted by molar-refractivity contribution is 9.10. The van der Waals surface area contributed by atoms with E-state index in [-0.39, 0.29) is 11.1 Å². The summed E-state index contributed by atoms with van der Waals surface area (Å²) in [5.74, 6) is 0.0617. The molecule has 0 aromatic heterocycles. The van der Waals surface area contributed by atoms with Crippen LogP contribution in [0.4, 0.5) is 4.39 Å². The van der Waals surface area contributed by atoms with Gasteiger partial charge in [0.15, 0.2) is 5.75 Å². The fourth-order valence-corrected chi connectivity index (χ4v) is 4.37. The average molecular weight is 493 g/mol. The van der Waals surface area contributed by atoms with E-state index in [1.54, 1.807) is 36.4 Å². The number of nitrogens with zero attached hydrogens (tertiary/aromatic N) is 1. The predicted molar refractivity (Wildman–Crippen MR) is 127 cm³/mol. The third kappa shape index (κ3) is 4.64. The summed E-state index contributed by atoms with van der Waals surface area (Å²) in [5.41, 5.74) is 2.17. The second-order valence-corrected chi connectivity index (χ2v) is 8.15. The minimum absolute atomic E-state index is 0.213. The van der Waals surface area contributed by atoms with Gasteiger partial charge in [0.1, 0.15) is 12.4 Å². The van der Waals surface area contributed by atoms with E-state index in [9.17, 15) is 9.65 Å². The molecule has 152 valence electrons. The van der Waals surface area contributed by atoms with Crippen molar-refractivity contribution in [3.63, 3.8) is 0 Å². The maximum absolute atomic E-state index is 14.1. The van der Waals surface area contributed by atoms with Crippen molar-refractivity contribution in [3.05, 3.63) is 111 Å². The standard InChI is InChI=1S/C26H16BrClFNO/c27-23-13-17(12-20(15-30)22-10-3-4-11-25(22)29)14-24(28)26(23)31-16-19-8-5-7-18-6-1-2-9-21(18)19/h1-14H,16H2/b20-12-. The van der Waals surface area contributed by atoms with Crippen molar-refractivity contribution >= 4 is 50.0 Å². The molecule has 0 fully saturated rings. The summed E-state index contributed by atoms with van der Waals surface area (Å²) >= 11 is 9.99. The zero-order valence-electron chi connectivity index (χ0n) is 16.3. The lowest BCUT2D eigenvalue weighted by Gasteiger charge is -2.13. The van der Waals surface area contributed by atoms with E-state index >= 15 is 0 Å². The third-order valence-corrected chi connectivity index (χ3v) is 5.74. The summed E-state index contributed by atoms with van der Waals surface area (Å²) < 4.78 is 20.8. The summed E-state index contributed by atoms with van der Waals surface area (Å²) in [6.45, 7) is 0.355. The first kappa shape index (κ1) is 21.1. The number of nitriles is 1. The first-order valence-electron chi connectivity index (χ1n) is 9.52. The molecule has 4 rings (SSSR count). The van der Waals surface area contributed by atoms with Gasteiger partial charge >= 0.3 is 0 Å². The highest BCUT2D eigenvalue weighted by atomic mass is 79.9. The van der Waals surface area contributed by atoms with Crippen LogP contribution >= 0.6 is 27.5 Å². The second kappa shape index (κ2) is 9.34. The smallest absolute Gasteiger partial charge is 0.152 e. The highest BCUT2D eigenvalue weighted by Crippen LogP contribution is 2.36. The predicted octanol–water partition coefficient (Wildman–Crippen LogP) is 8.04. The van der Waals surface area contributed by atoms with Gasteiger partial charge in [0.25, 0.3) is 0 Å². The third-order valence-electron chi connectivity index (χ3n) is 4.87. The van der Waals surface area contributed by atoms with Crippen LogP contribution < -0.4 is 4.74 Å². The van der Waals surface area contributed by atoms with Gasteiger partial charge < -0.3 is 4.74 Å². The largest absolute Gasteiger partial charge is 0.486 e. The lowest BCUT2D eigenvalue weighted by Crippen LogP contribution is -1.98. The zero-order valence-corrected chi connectivity index (χ0v) is 18.6. The highest BCUT2D eigenvalue weighted by Gasteiger charge is 2.12. The molecule has 0 saturated heterocycles. The van der Waals surface area contributed by atoms with Crippen LogP contribution in [0.5, 0.6) is 5.75 Å². The van der Waals surface area contributed by atoms with E-state index in [0.29, 0.717) is 27.4 Å². The number of fused-ring (bicyclic) bond motifs is 1. The Balaban J connectivity index is 1.62. The van der Waals surface area contributed by atoms with E-state index in [4.69, 9.17) is 16.3 Å². The quantitative estimate of drug-likeness (QED) is 0.209. The van der Waals surface area contributed by atoms with Crippen molar-refractivity contribution < 1.29 is 9.13 Å². The normalized spacial score (nSPS) is 11.4. The maximum Gasteiger partial charge on any atom is 0.152 e. The Morgan fingerprint density at radius 3 is 2.55 bits per heavy atom. The molecule has 2 nitrogen and oxygen atoms in total. The minimum atomic E-state index is -0.449. The van der Waals surface area contributed by atoms with Gasteiger partial charge in [-0.2, -0.15) is 5.26 Å². The Bertz CT molecular complexity index is 1310. The van der Waals surface area contributed by atoms with Gasteiger partial charge in [0.05, 0.1) is 21.1 Å². The summed E-state index contributed by atoms with van der Waals surface area (Å²) in [4.78, 5) is 0. The summed E-state index contributed by atoms with van der Waals surface area (Å²) in [6, 6.07) is 25.9. The molecule has 4 aromatic rings. The molecule has 31 heavy (non-hydrogen) atoms. The summed E-state index contributed by atoms with van der Waals surface area (Å²) in [7, 11) is 0. The fourth-order valence-electron chi connectivity index (χ4n) is 3.39. The number of ether oxygens (including phenoxy) is 1. The number of rotatable bonds is 5. The van der Waals surface area contributed by atoms with Crippen molar-refractivity contribution in [2.45, 2.75) is 6.61 Å². The second-order valence-electron chi connectivity index (χ2n) is 6.89. The average Bonchev–Trinajstić information content (AvgIpc) is 2.77. The number of halogens is 3. The van der Waals surface area contributed by atoms with Crippen molar-refractivity contribution in [2.75, 3.05) is 0 Å². The van der Waals surface area contributed by atoms with E-state index < -0.39 is 5.82 Å². The van der Waals surface area contributed by atoms with Gasteiger partial charge in [-0.3, -0.25) is 0 Å². The molecule has 0 unspecified atom stereocenters.